The van der Waals surface area contributed by atoms with E-state index in [2.05, 4.69) is 9.97 Å². The number of rotatable bonds is 1. The summed E-state index contributed by atoms with van der Waals surface area (Å²) in [6.07, 6.45) is 1.57. The lowest BCUT2D eigenvalue weighted by atomic mass is 10.2. The molecular formula is C13H7Cl2N3O2. The first-order valence-electron chi connectivity index (χ1n) is 5.63. The molecule has 3 aromatic rings. The van der Waals surface area contributed by atoms with Crippen LogP contribution in [0.15, 0.2) is 46.1 Å². The van der Waals surface area contributed by atoms with Crippen LogP contribution in [0.5, 0.6) is 0 Å². The monoisotopic (exact) mass is 307 g/mol. The number of hydrogen-bond acceptors (Lipinski definition) is 3. The maximum absolute atomic E-state index is 12.0. The van der Waals surface area contributed by atoms with Crippen LogP contribution in [-0.2, 0) is 0 Å². The minimum Gasteiger partial charge on any atom is -0.297 e. The zero-order valence-corrected chi connectivity index (χ0v) is 11.4. The van der Waals surface area contributed by atoms with Gasteiger partial charge >= 0.3 is 5.69 Å². The topological polar surface area (TPSA) is 67.8 Å². The lowest BCUT2D eigenvalue weighted by Gasteiger charge is -2.08. The smallest absolute Gasteiger partial charge is 0.297 e. The lowest BCUT2D eigenvalue weighted by Crippen LogP contribution is -2.33. The van der Waals surface area contributed by atoms with Crippen molar-refractivity contribution in [1.29, 1.82) is 0 Å². The molecule has 0 amide bonds. The highest BCUT2D eigenvalue weighted by Gasteiger charge is 2.12. The normalized spacial score (nSPS) is 10.9. The first-order valence-corrected chi connectivity index (χ1v) is 6.39. The van der Waals surface area contributed by atoms with Crippen molar-refractivity contribution in [3.8, 4) is 5.69 Å². The van der Waals surface area contributed by atoms with Gasteiger partial charge in [-0.15, -0.1) is 0 Å². The second kappa shape index (κ2) is 4.77. The Morgan fingerprint density at radius 2 is 1.95 bits per heavy atom. The van der Waals surface area contributed by atoms with Crippen molar-refractivity contribution >= 4 is 34.1 Å². The summed E-state index contributed by atoms with van der Waals surface area (Å²) in [6, 6.07) is 7.81. The minimum absolute atomic E-state index is 0.0116. The molecule has 100 valence electrons. The highest BCUT2D eigenvalue weighted by Crippen LogP contribution is 2.25. The number of H-pyrrole nitrogens is 1. The summed E-state index contributed by atoms with van der Waals surface area (Å²) < 4.78 is 0.970. The predicted molar refractivity (Wildman–Crippen MR) is 78.0 cm³/mol. The van der Waals surface area contributed by atoms with E-state index in [1.54, 1.807) is 30.5 Å². The van der Waals surface area contributed by atoms with Gasteiger partial charge in [0.2, 0.25) is 0 Å². The average Bonchev–Trinajstić information content (AvgIpc) is 2.40. The summed E-state index contributed by atoms with van der Waals surface area (Å²) in [5, 5.41) is 1.14. The number of aromatic amines is 1. The molecule has 0 spiro atoms. The van der Waals surface area contributed by atoms with E-state index in [-0.39, 0.29) is 5.15 Å². The van der Waals surface area contributed by atoms with Crippen molar-refractivity contribution in [3.63, 3.8) is 0 Å². The van der Waals surface area contributed by atoms with E-state index in [1.165, 1.54) is 0 Å². The number of hydrogen-bond donors (Lipinski definition) is 1. The van der Waals surface area contributed by atoms with Crippen molar-refractivity contribution in [2.24, 2.45) is 0 Å². The molecule has 7 heteroatoms. The molecule has 20 heavy (non-hydrogen) atoms. The molecule has 2 heterocycles. The largest absolute Gasteiger partial charge is 0.334 e. The molecule has 0 unspecified atom stereocenters. The number of aromatic nitrogens is 3. The zero-order valence-electron chi connectivity index (χ0n) is 9.93. The fraction of sp³-hybridized carbons (Fsp3) is 0. The van der Waals surface area contributed by atoms with Gasteiger partial charge in [-0.05, 0) is 24.3 Å². The Morgan fingerprint density at radius 1 is 1.15 bits per heavy atom. The summed E-state index contributed by atoms with van der Waals surface area (Å²) in [6.45, 7) is 0. The van der Waals surface area contributed by atoms with Crippen LogP contribution in [0.4, 0.5) is 0 Å². The fourth-order valence-electron chi connectivity index (χ4n) is 2.00. The van der Waals surface area contributed by atoms with Crippen LogP contribution in [0.3, 0.4) is 0 Å². The van der Waals surface area contributed by atoms with Crippen LogP contribution in [0.2, 0.25) is 10.2 Å². The third-order valence-corrected chi connectivity index (χ3v) is 3.37. The number of halogens is 2. The molecule has 2 aromatic heterocycles. The van der Waals surface area contributed by atoms with Crippen LogP contribution in [0, 0.1) is 0 Å². The van der Waals surface area contributed by atoms with Gasteiger partial charge in [0.1, 0.15) is 5.15 Å². The van der Waals surface area contributed by atoms with Gasteiger partial charge in [0.15, 0.2) is 0 Å². The zero-order chi connectivity index (χ0) is 14.3. The highest BCUT2D eigenvalue weighted by atomic mass is 35.5. The third-order valence-electron chi connectivity index (χ3n) is 2.84. The van der Waals surface area contributed by atoms with E-state index < -0.39 is 11.2 Å². The van der Waals surface area contributed by atoms with Gasteiger partial charge in [0.05, 0.1) is 16.2 Å². The number of nitrogens with zero attached hydrogens (tertiary/aromatic N) is 2. The van der Waals surface area contributed by atoms with Crippen LogP contribution in [0.1, 0.15) is 0 Å². The van der Waals surface area contributed by atoms with E-state index in [1.807, 2.05) is 0 Å². The molecule has 5 nitrogen and oxygen atoms in total. The average molecular weight is 308 g/mol. The Morgan fingerprint density at radius 3 is 2.70 bits per heavy atom. The van der Waals surface area contributed by atoms with E-state index >= 15 is 0 Å². The first-order chi connectivity index (χ1) is 9.58. The molecule has 0 aliphatic carbocycles. The Balaban J connectivity index is 2.46. The van der Waals surface area contributed by atoms with Gasteiger partial charge in [-0.3, -0.25) is 14.8 Å². The number of pyridine rings is 1. The van der Waals surface area contributed by atoms with Crippen LogP contribution >= 0.6 is 23.2 Å². The molecule has 0 atom stereocenters. The fourth-order valence-corrected chi connectivity index (χ4v) is 2.39. The van der Waals surface area contributed by atoms with E-state index in [9.17, 15) is 9.59 Å². The molecule has 1 aromatic carbocycles. The summed E-state index contributed by atoms with van der Waals surface area (Å²) in [5.74, 6) is 0. The third kappa shape index (κ3) is 2.01. The van der Waals surface area contributed by atoms with Crippen LogP contribution in [-0.4, -0.2) is 14.5 Å². The Kier molecular flexibility index (Phi) is 3.08. The van der Waals surface area contributed by atoms with Crippen molar-refractivity contribution in [1.82, 2.24) is 14.5 Å². The quantitative estimate of drug-likeness (QED) is 0.702. The SMILES string of the molecule is O=c1cc(Cl)[nH]c(=O)n1-c1ccc(Cl)c2cccnc12. The second-order valence-electron chi connectivity index (χ2n) is 4.06. The summed E-state index contributed by atoms with van der Waals surface area (Å²) >= 11 is 11.7. The molecule has 0 fully saturated rings. The van der Waals surface area contributed by atoms with Gasteiger partial charge in [0, 0.05) is 17.6 Å². The Labute approximate surface area is 122 Å². The summed E-state index contributed by atoms with van der Waals surface area (Å²) in [4.78, 5) is 30.5. The number of fused-ring (bicyclic) bond motifs is 1. The van der Waals surface area contributed by atoms with Gasteiger partial charge < -0.3 is 0 Å². The summed E-state index contributed by atoms with van der Waals surface area (Å²) in [7, 11) is 0. The first kappa shape index (κ1) is 12.9. The van der Waals surface area contributed by atoms with Crippen molar-refractivity contribution in [2.45, 2.75) is 0 Å². The van der Waals surface area contributed by atoms with Gasteiger partial charge in [-0.1, -0.05) is 23.2 Å². The molecule has 1 N–H and O–H groups in total. The molecule has 0 saturated heterocycles. The Hall–Kier alpha value is -2.11. The molecule has 0 aliphatic heterocycles. The van der Waals surface area contributed by atoms with Crippen LogP contribution < -0.4 is 11.2 Å². The molecule has 0 aliphatic rings. The second-order valence-corrected chi connectivity index (χ2v) is 4.88. The van der Waals surface area contributed by atoms with Crippen LogP contribution in [0.25, 0.3) is 16.6 Å². The number of nitrogens with one attached hydrogen (secondary N) is 1. The van der Waals surface area contributed by atoms with Crippen molar-refractivity contribution in [2.75, 3.05) is 0 Å². The maximum atomic E-state index is 12.0. The van der Waals surface area contributed by atoms with Crippen molar-refractivity contribution < 1.29 is 0 Å². The standard InChI is InChI=1S/C13H7Cl2N3O2/c14-8-3-4-9(12-7(8)2-1-5-16-12)18-11(19)6-10(15)17-13(18)20/h1-6H,(H,17,20). The van der Waals surface area contributed by atoms with Gasteiger partial charge in [0.25, 0.3) is 5.56 Å². The molecule has 3 rings (SSSR count). The van der Waals surface area contributed by atoms with Gasteiger partial charge in [-0.25, -0.2) is 9.36 Å². The van der Waals surface area contributed by atoms with E-state index in [0.717, 1.165) is 10.6 Å². The van der Waals surface area contributed by atoms with Crippen molar-refractivity contribution in [3.05, 3.63) is 67.5 Å². The summed E-state index contributed by atoms with van der Waals surface area (Å²) in [5.41, 5.74) is -0.340. The molecule has 0 radical (unpaired) electrons. The number of benzene rings is 1. The minimum atomic E-state index is -0.628. The Bertz CT molecular complexity index is 900. The predicted octanol–water partition coefficient (Wildman–Crippen LogP) is 2.38. The molecular weight excluding hydrogens is 301 g/mol. The molecule has 0 bridgehead atoms. The highest BCUT2D eigenvalue weighted by molar-refractivity contribution is 6.35. The van der Waals surface area contributed by atoms with E-state index in [0.29, 0.717) is 21.6 Å². The lowest BCUT2D eigenvalue weighted by molar-refractivity contribution is 0.880. The van der Waals surface area contributed by atoms with Gasteiger partial charge in [-0.2, -0.15) is 0 Å². The maximum Gasteiger partial charge on any atom is 0.334 e. The van der Waals surface area contributed by atoms with E-state index in [4.69, 9.17) is 23.2 Å². The molecule has 0 saturated carbocycles.